The Kier molecular flexibility index (Phi) is 4.55. The van der Waals surface area contributed by atoms with Gasteiger partial charge in [-0.15, -0.1) is 0 Å². The predicted octanol–water partition coefficient (Wildman–Crippen LogP) is 2.42. The fourth-order valence-corrected chi connectivity index (χ4v) is 4.44. The first-order valence-electron chi connectivity index (χ1n) is 8.81. The third-order valence-electron chi connectivity index (χ3n) is 5.54. The first kappa shape index (κ1) is 15.3. The average molecular weight is 294 g/mol. The molecule has 2 aliphatic heterocycles. The lowest BCUT2D eigenvalue weighted by molar-refractivity contribution is -0.146. The molecule has 0 N–H and O–H groups in total. The van der Waals surface area contributed by atoms with Gasteiger partial charge in [-0.3, -0.25) is 14.6 Å². The van der Waals surface area contributed by atoms with E-state index < -0.39 is 0 Å². The maximum atomic E-state index is 12.2. The molecule has 4 nitrogen and oxygen atoms in total. The van der Waals surface area contributed by atoms with Crippen LogP contribution in [0.1, 0.15) is 58.8 Å². The van der Waals surface area contributed by atoms with E-state index in [0.717, 1.165) is 32.1 Å². The molecule has 0 aromatic carbocycles. The Bertz CT molecular complexity index is 377. The maximum Gasteiger partial charge on any atom is 0.307 e. The van der Waals surface area contributed by atoms with Gasteiger partial charge in [0.2, 0.25) is 0 Å². The molecule has 0 bridgehead atoms. The number of hydrogen-bond donors (Lipinski definition) is 0. The molecule has 3 fully saturated rings. The third-order valence-corrected chi connectivity index (χ3v) is 5.54. The van der Waals surface area contributed by atoms with E-state index in [1.165, 1.54) is 32.1 Å². The Balaban J connectivity index is 1.75. The SMILES string of the molecule is CCOC(=O)CC1(N2CCCCC2)CC(C)N(C2CC2)C1. The molecular formula is C17H30N2O2. The number of carbonyl (C=O) groups excluding carboxylic acids is 1. The second kappa shape index (κ2) is 6.25. The lowest BCUT2D eigenvalue weighted by atomic mass is 9.88. The number of rotatable bonds is 5. The van der Waals surface area contributed by atoms with Gasteiger partial charge in [0.05, 0.1) is 13.0 Å². The molecule has 2 saturated heterocycles. The smallest absolute Gasteiger partial charge is 0.307 e. The van der Waals surface area contributed by atoms with E-state index >= 15 is 0 Å². The Labute approximate surface area is 128 Å². The van der Waals surface area contributed by atoms with Gasteiger partial charge in [-0.25, -0.2) is 0 Å². The van der Waals surface area contributed by atoms with Crippen molar-refractivity contribution in [3.8, 4) is 0 Å². The molecule has 2 heterocycles. The van der Waals surface area contributed by atoms with Crippen LogP contribution in [0.25, 0.3) is 0 Å². The van der Waals surface area contributed by atoms with Crippen molar-refractivity contribution in [3.05, 3.63) is 0 Å². The van der Waals surface area contributed by atoms with E-state index in [1.54, 1.807) is 0 Å². The van der Waals surface area contributed by atoms with Crippen LogP contribution in [0.2, 0.25) is 0 Å². The monoisotopic (exact) mass is 294 g/mol. The Hall–Kier alpha value is -0.610. The number of likely N-dealkylation sites (tertiary alicyclic amines) is 2. The zero-order valence-corrected chi connectivity index (χ0v) is 13.6. The van der Waals surface area contributed by atoms with Crippen LogP contribution in [0, 0.1) is 0 Å². The van der Waals surface area contributed by atoms with Gasteiger partial charge in [0.15, 0.2) is 0 Å². The number of ether oxygens (including phenoxy) is 1. The number of hydrogen-bond acceptors (Lipinski definition) is 4. The summed E-state index contributed by atoms with van der Waals surface area (Å²) in [6, 6.07) is 1.39. The molecule has 120 valence electrons. The summed E-state index contributed by atoms with van der Waals surface area (Å²) >= 11 is 0. The Morgan fingerprint density at radius 1 is 1.24 bits per heavy atom. The lowest BCUT2D eigenvalue weighted by Gasteiger charge is -2.43. The van der Waals surface area contributed by atoms with Crippen molar-refractivity contribution in [2.45, 2.75) is 76.4 Å². The summed E-state index contributed by atoms with van der Waals surface area (Å²) in [5.41, 5.74) is 0.0364. The Morgan fingerprint density at radius 2 is 1.95 bits per heavy atom. The number of piperidine rings is 1. The summed E-state index contributed by atoms with van der Waals surface area (Å²) in [6.07, 6.45) is 8.30. The van der Waals surface area contributed by atoms with Gasteiger partial charge in [-0.1, -0.05) is 6.42 Å². The molecule has 2 atom stereocenters. The molecule has 0 radical (unpaired) electrons. The molecule has 1 aliphatic carbocycles. The largest absolute Gasteiger partial charge is 0.466 e. The topological polar surface area (TPSA) is 32.8 Å². The Morgan fingerprint density at radius 3 is 2.57 bits per heavy atom. The third kappa shape index (κ3) is 3.26. The van der Waals surface area contributed by atoms with Crippen molar-refractivity contribution in [1.29, 1.82) is 0 Å². The van der Waals surface area contributed by atoms with Gasteiger partial charge in [0, 0.05) is 24.2 Å². The molecule has 3 aliphatic rings. The van der Waals surface area contributed by atoms with E-state index in [9.17, 15) is 4.79 Å². The van der Waals surface area contributed by atoms with Gasteiger partial charge in [0.25, 0.3) is 0 Å². The van der Waals surface area contributed by atoms with Crippen molar-refractivity contribution >= 4 is 5.97 Å². The van der Waals surface area contributed by atoms with Crippen molar-refractivity contribution in [2.24, 2.45) is 0 Å². The van der Waals surface area contributed by atoms with Crippen LogP contribution in [0.15, 0.2) is 0 Å². The van der Waals surface area contributed by atoms with Crippen LogP contribution in [0.3, 0.4) is 0 Å². The first-order valence-corrected chi connectivity index (χ1v) is 8.81. The van der Waals surface area contributed by atoms with E-state index in [1.807, 2.05) is 6.92 Å². The minimum atomic E-state index is -0.00656. The van der Waals surface area contributed by atoms with E-state index in [-0.39, 0.29) is 11.5 Å². The van der Waals surface area contributed by atoms with Gasteiger partial charge in [-0.05, 0) is 59.0 Å². The van der Waals surface area contributed by atoms with Crippen LogP contribution in [-0.2, 0) is 9.53 Å². The zero-order valence-electron chi connectivity index (χ0n) is 13.6. The van der Waals surface area contributed by atoms with Crippen molar-refractivity contribution < 1.29 is 9.53 Å². The van der Waals surface area contributed by atoms with E-state index in [0.29, 0.717) is 19.1 Å². The molecule has 2 unspecified atom stereocenters. The molecular weight excluding hydrogens is 264 g/mol. The molecule has 0 spiro atoms. The summed E-state index contributed by atoms with van der Waals surface area (Å²) < 4.78 is 5.28. The first-order chi connectivity index (χ1) is 10.1. The van der Waals surface area contributed by atoms with E-state index in [4.69, 9.17) is 4.74 Å². The normalized spacial score (nSPS) is 35.0. The predicted molar refractivity (Wildman–Crippen MR) is 83.2 cm³/mol. The van der Waals surface area contributed by atoms with Crippen LogP contribution in [0.5, 0.6) is 0 Å². The van der Waals surface area contributed by atoms with Gasteiger partial charge in [-0.2, -0.15) is 0 Å². The van der Waals surface area contributed by atoms with Crippen LogP contribution in [-0.4, -0.2) is 59.6 Å². The van der Waals surface area contributed by atoms with Crippen LogP contribution >= 0.6 is 0 Å². The summed E-state index contributed by atoms with van der Waals surface area (Å²) in [4.78, 5) is 17.5. The van der Waals surface area contributed by atoms with Gasteiger partial charge >= 0.3 is 5.97 Å². The second-order valence-electron chi connectivity index (χ2n) is 7.21. The zero-order chi connectivity index (χ0) is 14.9. The number of nitrogens with zero attached hydrogens (tertiary/aromatic N) is 2. The highest BCUT2D eigenvalue weighted by atomic mass is 16.5. The summed E-state index contributed by atoms with van der Waals surface area (Å²) in [6.45, 7) is 8.12. The van der Waals surface area contributed by atoms with E-state index in [2.05, 4.69) is 16.7 Å². The van der Waals surface area contributed by atoms with Crippen LogP contribution < -0.4 is 0 Å². The van der Waals surface area contributed by atoms with Crippen molar-refractivity contribution in [1.82, 2.24) is 9.80 Å². The fourth-order valence-electron chi connectivity index (χ4n) is 4.44. The minimum Gasteiger partial charge on any atom is -0.466 e. The van der Waals surface area contributed by atoms with Crippen molar-refractivity contribution in [2.75, 3.05) is 26.2 Å². The molecule has 4 heteroatoms. The molecule has 21 heavy (non-hydrogen) atoms. The summed E-state index contributed by atoms with van der Waals surface area (Å²) in [5, 5.41) is 0. The van der Waals surface area contributed by atoms with Gasteiger partial charge in [0.1, 0.15) is 0 Å². The number of esters is 1. The average Bonchev–Trinajstić information content (AvgIpc) is 3.25. The molecule has 0 amide bonds. The standard InChI is InChI=1S/C17H30N2O2/c1-3-21-16(20)12-17(18-9-5-4-6-10-18)11-14(2)19(13-17)15-7-8-15/h14-15H,3-13H2,1-2H3. The van der Waals surface area contributed by atoms with Crippen molar-refractivity contribution in [3.63, 3.8) is 0 Å². The lowest BCUT2D eigenvalue weighted by Crippen LogP contribution is -2.54. The summed E-state index contributed by atoms with van der Waals surface area (Å²) in [5.74, 6) is -0.00656. The number of carbonyl (C=O) groups is 1. The second-order valence-corrected chi connectivity index (χ2v) is 7.21. The minimum absolute atomic E-state index is 0.00656. The highest BCUT2D eigenvalue weighted by Crippen LogP contribution is 2.42. The highest BCUT2D eigenvalue weighted by Gasteiger charge is 2.51. The molecule has 3 rings (SSSR count). The fraction of sp³-hybridized carbons (Fsp3) is 0.941. The highest BCUT2D eigenvalue weighted by molar-refractivity contribution is 5.71. The molecule has 0 aromatic rings. The van der Waals surface area contributed by atoms with Gasteiger partial charge < -0.3 is 4.74 Å². The molecule has 0 aromatic heterocycles. The summed E-state index contributed by atoms with van der Waals surface area (Å²) in [7, 11) is 0. The molecule has 1 saturated carbocycles. The van der Waals surface area contributed by atoms with Crippen LogP contribution in [0.4, 0.5) is 0 Å². The quantitative estimate of drug-likeness (QED) is 0.729. The maximum absolute atomic E-state index is 12.2.